The van der Waals surface area contributed by atoms with Crippen LogP contribution in [-0.4, -0.2) is 73.0 Å². The molecule has 0 unspecified atom stereocenters. The molecule has 12 heteroatoms. The Balaban J connectivity index is 1.53. The summed E-state index contributed by atoms with van der Waals surface area (Å²) in [5, 5.41) is 9.04. The lowest BCUT2D eigenvalue weighted by atomic mass is 9.99. The molecule has 3 aromatic rings. The van der Waals surface area contributed by atoms with E-state index < -0.39 is 42.3 Å². The van der Waals surface area contributed by atoms with Gasteiger partial charge in [-0.05, 0) is 80.1 Å². The van der Waals surface area contributed by atoms with Crippen LogP contribution in [0.25, 0.3) is 0 Å². The van der Waals surface area contributed by atoms with E-state index in [1.165, 1.54) is 0 Å². The van der Waals surface area contributed by atoms with E-state index in [0.29, 0.717) is 40.9 Å². The molecule has 274 valence electrons. The van der Waals surface area contributed by atoms with E-state index in [1.807, 2.05) is 19.9 Å². The van der Waals surface area contributed by atoms with Crippen molar-refractivity contribution in [1.82, 2.24) is 20.9 Å². The lowest BCUT2D eigenvalue weighted by Crippen LogP contribution is -2.55. The molecule has 0 bridgehead atoms. The summed E-state index contributed by atoms with van der Waals surface area (Å²) in [5.74, 6) is 0.223. The Morgan fingerprint density at radius 2 is 1.55 bits per heavy atom. The number of benzene rings is 3. The molecule has 4 amide bonds. The first kappa shape index (κ1) is 39.0. The number of hydrogen-bond donors (Lipinski definition) is 3. The highest BCUT2D eigenvalue weighted by Gasteiger charge is 2.33. The van der Waals surface area contributed by atoms with Gasteiger partial charge in [-0.25, -0.2) is 0 Å². The van der Waals surface area contributed by atoms with E-state index in [9.17, 15) is 19.2 Å². The summed E-state index contributed by atoms with van der Waals surface area (Å²) in [4.78, 5) is 56.4. The Morgan fingerprint density at radius 3 is 2.24 bits per heavy atom. The van der Waals surface area contributed by atoms with Gasteiger partial charge in [0.05, 0.1) is 24.1 Å². The molecule has 0 saturated heterocycles. The van der Waals surface area contributed by atoms with Crippen LogP contribution in [0.2, 0.25) is 5.02 Å². The summed E-state index contributed by atoms with van der Waals surface area (Å²) in [6, 6.07) is 17.8. The second-order valence-corrected chi connectivity index (χ2v) is 14.2. The minimum atomic E-state index is -1.27. The van der Waals surface area contributed by atoms with Gasteiger partial charge in [0.25, 0.3) is 5.91 Å². The number of para-hydroxylation sites is 3. The van der Waals surface area contributed by atoms with Gasteiger partial charge >= 0.3 is 0 Å². The van der Waals surface area contributed by atoms with Gasteiger partial charge in [0, 0.05) is 12.1 Å². The van der Waals surface area contributed by atoms with Crippen LogP contribution in [0.15, 0.2) is 72.8 Å². The topological polar surface area (TPSA) is 135 Å². The molecule has 0 saturated carbocycles. The standard InChI is InChI=1S/C39H49ClN4O7/c1-24(2)19-28-23-50-33-12-8-7-11-30(33)37(46)43-31(21-36(45)42-32(20-25(3)4)39(48)44(28)6)38(47)41-26(5)22-49-34-13-9-10-14-35(34)51-29-17-15-27(40)16-18-29/h7-18,24-26,28,31-32H,19-23H2,1-6H3,(H,41,47)(H,42,45)(H,43,46)/t26-,28-,31+,32-/m1/s1. The normalized spacial score (nSPS) is 19.3. The molecule has 1 aliphatic rings. The summed E-state index contributed by atoms with van der Waals surface area (Å²) >= 11 is 6.00. The zero-order valence-electron chi connectivity index (χ0n) is 30.1. The molecule has 0 spiro atoms. The average molecular weight is 721 g/mol. The molecule has 0 aromatic heterocycles. The van der Waals surface area contributed by atoms with Crippen molar-refractivity contribution in [1.29, 1.82) is 0 Å². The third-order valence-electron chi connectivity index (χ3n) is 8.32. The second-order valence-electron chi connectivity index (χ2n) is 13.7. The highest BCUT2D eigenvalue weighted by molar-refractivity contribution is 6.30. The SMILES string of the molecule is CC(C)C[C@@H]1COc2ccccc2C(=O)N[C@H](C(=O)N[C@H](C)COc2ccccc2Oc2ccc(Cl)cc2)CC(=O)N[C@H](CC(C)C)C(=O)N1C. The monoisotopic (exact) mass is 720 g/mol. The van der Waals surface area contributed by atoms with Crippen molar-refractivity contribution < 1.29 is 33.4 Å². The molecule has 4 rings (SSSR count). The molecule has 4 atom stereocenters. The predicted octanol–water partition coefficient (Wildman–Crippen LogP) is 6.00. The van der Waals surface area contributed by atoms with Crippen LogP contribution in [-0.2, 0) is 14.4 Å². The van der Waals surface area contributed by atoms with E-state index >= 15 is 0 Å². The third-order valence-corrected chi connectivity index (χ3v) is 8.57. The maximum Gasteiger partial charge on any atom is 0.255 e. The number of likely N-dealkylation sites (N-methyl/N-ethyl adjacent to an activating group) is 1. The van der Waals surface area contributed by atoms with E-state index in [-0.39, 0.29) is 42.6 Å². The van der Waals surface area contributed by atoms with Crippen LogP contribution in [0.5, 0.6) is 23.0 Å². The summed E-state index contributed by atoms with van der Waals surface area (Å²) in [5.41, 5.74) is 0.205. The highest BCUT2D eigenvalue weighted by atomic mass is 35.5. The van der Waals surface area contributed by atoms with Gasteiger partial charge in [-0.3, -0.25) is 19.2 Å². The summed E-state index contributed by atoms with van der Waals surface area (Å²) in [6.07, 6.45) is 0.658. The van der Waals surface area contributed by atoms with E-state index in [0.717, 1.165) is 0 Å². The van der Waals surface area contributed by atoms with E-state index in [4.69, 9.17) is 25.8 Å². The molecule has 0 aliphatic carbocycles. The Hall–Kier alpha value is -4.77. The molecule has 3 N–H and O–H groups in total. The number of halogens is 1. The molecule has 11 nitrogen and oxygen atoms in total. The number of rotatable bonds is 11. The molecule has 3 aromatic carbocycles. The largest absolute Gasteiger partial charge is 0.491 e. The average Bonchev–Trinajstić information content (AvgIpc) is 3.08. The fourth-order valence-corrected chi connectivity index (χ4v) is 5.86. The zero-order valence-corrected chi connectivity index (χ0v) is 30.9. The number of hydrogen-bond acceptors (Lipinski definition) is 7. The Labute approximate surface area is 305 Å². The maximum atomic E-state index is 13.9. The van der Waals surface area contributed by atoms with Crippen LogP contribution in [0, 0.1) is 11.8 Å². The van der Waals surface area contributed by atoms with Gasteiger partial charge in [-0.2, -0.15) is 0 Å². The number of carbonyl (C=O) groups is 4. The smallest absolute Gasteiger partial charge is 0.255 e. The lowest BCUT2D eigenvalue weighted by Gasteiger charge is -2.33. The Kier molecular flexibility index (Phi) is 14.1. The van der Waals surface area contributed by atoms with Crippen molar-refractivity contribution in [2.75, 3.05) is 20.3 Å². The number of amides is 4. The minimum absolute atomic E-state index is 0.0606. The van der Waals surface area contributed by atoms with Crippen molar-refractivity contribution in [2.45, 2.75) is 78.0 Å². The van der Waals surface area contributed by atoms with Crippen LogP contribution in [0.3, 0.4) is 0 Å². The van der Waals surface area contributed by atoms with E-state index in [2.05, 4.69) is 29.8 Å². The van der Waals surface area contributed by atoms with E-state index in [1.54, 1.807) is 85.6 Å². The van der Waals surface area contributed by atoms with Gasteiger partial charge in [-0.1, -0.05) is 63.6 Å². The molecule has 51 heavy (non-hydrogen) atoms. The Morgan fingerprint density at radius 1 is 0.902 bits per heavy atom. The van der Waals surface area contributed by atoms with Gasteiger partial charge in [-0.15, -0.1) is 0 Å². The molecule has 1 heterocycles. The maximum absolute atomic E-state index is 13.9. The van der Waals surface area contributed by atoms with Gasteiger partial charge in [0.15, 0.2) is 11.5 Å². The molecule has 1 aliphatic heterocycles. The first-order chi connectivity index (χ1) is 24.3. The minimum Gasteiger partial charge on any atom is -0.491 e. The molecule has 0 fully saturated rings. The second kappa shape index (κ2) is 18.5. The number of nitrogens with zero attached hydrogens (tertiary/aromatic N) is 1. The molecule has 0 radical (unpaired) electrons. The van der Waals surface area contributed by atoms with Crippen molar-refractivity contribution in [2.24, 2.45) is 11.8 Å². The number of ether oxygens (including phenoxy) is 3. The van der Waals surface area contributed by atoms with Crippen LogP contribution >= 0.6 is 11.6 Å². The first-order valence-corrected chi connectivity index (χ1v) is 17.7. The number of fused-ring (bicyclic) bond motifs is 1. The quantitative estimate of drug-likeness (QED) is 0.221. The van der Waals surface area contributed by atoms with Gasteiger partial charge < -0.3 is 35.1 Å². The van der Waals surface area contributed by atoms with Crippen molar-refractivity contribution in [3.05, 3.63) is 83.4 Å². The van der Waals surface area contributed by atoms with Gasteiger partial charge in [0.2, 0.25) is 17.7 Å². The zero-order chi connectivity index (χ0) is 37.1. The number of carbonyl (C=O) groups excluding carboxylic acids is 4. The fraction of sp³-hybridized carbons (Fsp3) is 0.436. The number of nitrogens with one attached hydrogen (secondary N) is 3. The third kappa shape index (κ3) is 11.6. The lowest BCUT2D eigenvalue weighted by molar-refractivity contribution is -0.138. The van der Waals surface area contributed by atoms with Crippen molar-refractivity contribution >= 4 is 35.2 Å². The van der Waals surface area contributed by atoms with Gasteiger partial charge in [0.1, 0.15) is 36.8 Å². The van der Waals surface area contributed by atoms with Crippen molar-refractivity contribution in [3.8, 4) is 23.0 Å². The molecular weight excluding hydrogens is 672 g/mol. The first-order valence-electron chi connectivity index (χ1n) is 17.3. The van der Waals surface area contributed by atoms with Crippen LogP contribution in [0.4, 0.5) is 0 Å². The highest BCUT2D eigenvalue weighted by Crippen LogP contribution is 2.32. The Bertz CT molecular complexity index is 1650. The fourth-order valence-electron chi connectivity index (χ4n) is 5.73. The van der Waals surface area contributed by atoms with Crippen molar-refractivity contribution in [3.63, 3.8) is 0 Å². The van der Waals surface area contributed by atoms with Crippen LogP contribution < -0.4 is 30.2 Å². The summed E-state index contributed by atoms with van der Waals surface area (Å²) < 4.78 is 18.2. The molecular formula is C39H49ClN4O7. The predicted molar refractivity (Wildman–Crippen MR) is 196 cm³/mol. The summed E-state index contributed by atoms with van der Waals surface area (Å²) in [7, 11) is 1.71. The summed E-state index contributed by atoms with van der Waals surface area (Å²) in [6.45, 7) is 10.0. The van der Waals surface area contributed by atoms with Crippen LogP contribution in [0.1, 0.15) is 64.2 Å².